The summed E-state index contributed by atoms with van der Waals surface area (Å²) in [6.07, 6.45) is -2.95. The van der Waals surface area contributed by atoms with Gasteiger partial charge >= 0.3 is 30.5 Å². The van der Waals surface area contributed by atoms with Crippen molar-refractivity contribution in [2.24, 2.45) is 16.5 Å². The average molecular weight is 1740 g/mol. The Labute approximate surface area is 749 Å². The zero-order chi connectivity index (χ0) is 90.7. The number of hydrogen-bond acceptors (Lipinski definition) is 21. The first kappa shape index (κ1) is 95.6. The normalized spacial score (nSPS) is 9.94. The smallest absolute Gasteiger partial charge is 0.442 e. The third kappa shape index (κ3) is 32.9. The van der Waals surface area contributed by atoms with Crippen molar-refractivity contribution in [2.75, 3.05) is 76.4 Å². The standard InChI is InChI=1S/C28H30N4O4.C26H26N4O4S2.C22H22N4.C18H16N2.C4H5NO2S/c1-5-35-27(33)31-19(3)29-25-15-11-23(12-16-25)21-7-9-22(10-8-21)24-13-17-26(18-14-24)30-20(4)32-28(34)36-6-2;1-3-33-25(31)29-23(35)27-21-13-9-19(10-14-21)17-5-7-18(8-6-17)20-11-15-22(16-12-20)28-24(36)30-26(32)34-4-2;1-15(23)25-21-11-7-19(8-12-21)17-3-5-18(6-4-17)20-9-13-22(14-10-20)26-16(2)24;19-17-9-5-15(6-10-17)13-1-2-14(4-3-13)16-7-11-18(20)12-8-16;1-2-7-4(6)5-3-8/h7-18,29-30H,3-6H2,1-2H3,(H,31,33)(H,32,34);5-16H,3-4H2,1-2H3,(H2,27,29,31,35)(H2,28,30,32,36);3-14,25-26H,1-2,23-24H2;1-12H,19-20H2;2H2,1H3. The van der Waals surface area contributed by atoms with Gasteiger partial charge in [0.1, 0.15) is 11.6 Å². The third-order valence-electron chi connectivity index (χ3n) is 17.5. The highest BCUT2D eigenvalue weighted by Gasteiger charge is 2.13. The number of isothiocyanates is 1. The third-order valence-corrected chi connectivity index (χ3v) is 18.0. The van der Waals surface area contributed by atoms with E-state index in [1.807, 2.05) is 175 Å². The molecule has 0 spiro atoms. The quantitative estimate of drug-likeness (QED) is 0.0109. The Morgan fingerprint density at radius 3 is 0.627 bits per heavy atom. The highest BCUT2D eigenvalue weighted by atomic mass is 32.1. The van der Waals surface area contributed by atoms with Crippen molar-refractivity contribution in [3.8, 4) is 89.0 Å². The Kier molecular flexibility index (Phi) is 38.2. The van der Waals surface area contributed by atoms with E-state index in [4.69, 9.17) is 66.3 Å². The van der Waals surface area contributed by atoms with Crippen molar-refractivity contribution < 1.29 is 47.7 Å². The van der Waals surface area contributed by atoms with Crippen LogP contribution in [0.1, 0.15) is 34.6 Å². The topological polar surface area (TPSA) is 368 Å². The number of carbonyl (C=O) groups excluding carboxylic acids is 5. The molecule has 12 aromatic rings. The number of ether oxygens (including phenoxy) is 5. The average Bonchev–Trinajstić information content (AvgIpc) is 0.846. The van der Waals surface area contributed by atoms with Gasteiger partial charge in [-0.15, -0.1) is 4.99 Å². The summed E-state index contributed by atoms with van der Waals surface area (Å²) in [5, 5.41) is 30.1. The molecule has 0 atom stereocenters. The van der Waals surface area contributed by atoms with Crippen molar-refractivity contribution in [1.82, 2.24) is 21.3 Å². The second kappa shape index (κ2) is 50.4. The first-order chi connectivity index (χ1) is 60.8. The van der Waals surface area contributed by atoms with Gasteiger partial charge in [-0.1, -0.05) is 220 Å². The highest BCUT2D eigenvalue weighted by Crippen LogP contribution is 2.32. The molecule has 0 aliphatic rings. The van der Waals surface area contributed by atoms with Gasteiger partial charge in [-0.25, -0.2) is 24.0 Å². The maximum Gasteiger partial charge on any atom is 0.442 e. The van der Waals surface area contributed by atoms with Crippen molar-refractivity contribution >= 4 is 128 Å². The number of nitrogens with one attached hydrogen (secondary N) is 10. The summed E-state index contributed by atoms with van der Waals surface area (Å²) in [6, 6.07) is 96.5. The number of rotatable bonds is 25. The van der Waals surface area contributed by atoms with E-state index in [2.05, 4.69) is 223 Å². The Bertz CT molecular complexity index is 5160. The van der Waals surface area contributed by atoms with Crippen molar-refractivity contribution in [3.05, 3.63) is 341 Å². The zero-order valence-electron chi connectivity index (χ0n) is 70.1. The van der Waals surface area contributed by atoms with E-state index in [1.54, 1.807) is 34.6 Å². The largest absolute Gasteiger partial charge is 0.450 e. The van der Waals surface area contributed by atoms with Gasteiger partial charge in [-0.05, 0) is 257 Å². The highest BCUT2D eigenvalue weighted by molar-refractivity contribution is 7.80. The lowest BCUT2D eigenvalue weighted by Crippen LogP contribution is -2.34. The number of anilines is 8. The minimum absolute atomic E-state index is 0.170. The summed E-state index contributed by atoms with van der Waals surface area (Å²) < 4.78 is 23.6. The number of carbonyl (C=O) groups is 5. The van der Waals surface area contributed by atoms with E-state index < -0.39 is 30.5 Å². The molecule has 644 valence electrons. The summed E-state index contributed by atoms with van der Waals surface area (Å²) in [7, 11) is 0. The summed E-state index contributed by atoms with van der Waals surface area (Å²) >= 11 is 14.4. The first-order valence-corrected chi connectivity index (χ1v) is 40.7. The number of aliphatic imine (C=N–C) groups is 1. The van der Waals surface area contributed by atoms with Crippen LogP contribution in [0.2, 0.25) is 0 Å². The zero-order valence-corrected chi connectivity index (χ0v) is 72.6. The molecular formula is C98H99N15O10S3. The van der Waals surface area contributed by atoms with Crippen LogP contribution in [0.25, 0.3) is 89.0 Å². The molecule has 5 amide bonds. The molecule has 0 aliphatic heterocycles. The molecule has 0 fully saturated rings. The monoisotopic (exact) mass is 1740 g/mol. The lowest BCUT2D eigenvalue weighted by Gasteiger charge is -2.12. The number of nitrogens with zero attached hydrogens (tertiary/aromatic N) is 1. The van der Waals surface area contributed by atoms with Crippen molar-refractivity contribution in [2.45, 2.75) is 34.6 Å². The van der Waals surface area contributed by atoms with Crippen molar-refractivity contribution in [3.63, 3.8) is 0 Å². The van der Waals surface area contributed by atoms with Crippen LogP contribution in [-0.4, -0.2) is 78.9 Å². The van der Waals surface area contributed by atoms with Crippen LogP contribution in [0.5, 0.6) is 0 Å². The molecule has 126 heavy (non-hydrogen) atoms. The minimum atomic E-state index is -0.678. The van der Waals surface area contributed by atoms with Gasteiger partial charge in [0.05, 0.1) is 49.8 Å². The fourth-order valence-corrected chi connectivity index (χ4v) is 12.1. The summed E-state index contributed by atoms with van der Waals surface area (Å²) in [4.78, 5) is 59.0. The molecule has 0 aromatic heterocycles. The van der Waals surface area contributed by atoms with E-state index in [1.165, 1.54) is 22.3 Å². The van der Waals surface area contributed by atoms with E-state index >= 15 is 0 Å². The van der Waals surface area contributed by atoms with Crippen molar-refractivity contribution in [1.29, 1.82) is 0 Å². The molecule has 0 heterocycles. The van der Waals surface area contributed by atoms with Gasteiger partial charge in [0.25, 0.3) is 0 Å². The Morgan fingerprint density at radius 2 is 0.444 bits per heavy atom. The Balaban J connectivity index is 0.000000206. The second-order valence-electron chi connectivity index (χ2n) is 26.7. The fraction of sp³-hybridized carbons (Fsp3) is 0.102. The predicted molar refractivity (Wildman–Crippen MR) is 523 cm³/mol. The number of nitrogens with two attached hydrogens (primary N) is 4. The van der Waals surface area contributed by atoms with Crippen LogP contribution in [0.15, 0.2) is 346 Å². The van der Waals surface area contributed by atoms with Crippen LogP contribution in [-0.2, 0) is 23.7 Å². The SMILES string of the molecule is C=C(N)Nc1ccc(-c2ccc(-c3ccc(NC(=C)N)cc3)cc2)cc1.C=C(NC(=O)OCC)Nc1ccc(-c2ccc(-c3ccc(NC(=C)NC(=O)OCC)cc3)cc2)cc1.CCOC(=O)N=C=S.CCOC(=O)NC(=S)Nc1ccc(-c2ccc(-c3ccc(NC(=S)NC(=O)OCC)cc3)cc2)cc1.Nc1ccc(-c2ccc(-c3ccc(N)cc3)cc2)cc1. The number of nitrogen functional groups attached to an aromatic ring is 2. The molecule has 0 saturated heterocycles. The molecule has 25 nitrogen and oxygen atoms in total. The van der Waals surface area contributed by atoms with E-state index in [0.29, 0.717) is 43.1 Å². The van der Waals surface area contributed by atoms with Crippen LogP contribution in [0.4, 0.5) is 69.5 Å². The van der Waals surface area contributed by atoms with E-state index in [9.17, 15) is 24.0 Å². The predicted octanol–water partition coefficient (Wildman–Crippen LogP) is 22.3. The molecule has 0 unspecified atom stereocenters. The van der Waals surface area contributed by atoms with Gasteiger partial charge in [0.15, 0.2) is 10.2 Å². The molecular weight excluding hydrogens is 1640 g/mol. The van der Waals surface area contributed by atoms with Crippen LogP contribution in [0.3, 0.4) is 0 Å². The summed E-state index contributed by atoms with van der Waals surface area (Å²) in [5.41, 5.74) is 46.8. The lowest BCUT2D eigenvalue weighted by molar-refractivity contribution is 0.154. The molecule has 28 heteroatoms. The summed E-state index contributed by atoms with van der Waals surface area (Å²) in [5.74, 6) is 1.54. The van der Waals surface area contributed by atoms with E-state index in [-0.39, 0.29) is 23.4 Å². The van der Waals surface area contributed by atoms with Gasteiger partial charge in [0.2, 0.25) is 0 Å². The second-order valence-corrected chi connectivity index (χ2v) is 27.7. The number of benzene rings is 12. The maximum atomic E-state index is 11.5. The maximum absolute atomic E-state index is 11.5. The minimum Gasteiger partial charge on any atom is -0.450 e. The van der Waals surface area contributed by atoms with Gasteiger partial charge in [0, 0.05) is 45.5 Å². The molecule has 0 saturated carbocycles. The number of thiocarbonyl (C=S) groups is 3. The molecule has 18 N–H and O–H groups in total. The number of hydrogen-bond donors (Lipinski definition) is 14. The molecule has 0 aliphatic carbocycles. The van der Waals surface area contributed by atoms with Gasteiger partial charge in [-0.3, -0.25) is 21.3 Å². The van der Waals surface area contributed by atoms with Gasteiger partial charge in [-0.2, -0.15) is 0 Å². The molecule has 0 bridgehead atoms. The molecule has 12 rings (SSSR count). The van der Waals surface area contributed by atoms with Crippen LogP contribution < -0.4 is 76.1 Å². The summed E-state index contributed by atoms with van der Waals surface area (Å²) in [6.45, 7) is 24.9. The fourth-order valence-electron chi connectivity index (χ4n) is 11.6. The number of amides is 5. The Hall–Kier alpha value is -15.9. The lowest BCUT2D eigenvalue weighted by atomic mass is 10.00. The Morgan fingerprint density at radius 1 is 0.278 bits per heavy atom. The van der Waals surface area contributed by atoms with Crippen LogP contribution in [0, 0.1) is 0 Å². The first-order valence-electron chi connectivity index (χ1n) is 39.5. The molecule has 12 aromatic carbocycles. The molecule has 0 radical (unpaired) electrons. The van der Waals surface area contributed by atoms with Crippen LogP contribution >= 0.6 is 36.7 Å². The van der Waals surface area contributed by atoms with Gasteiger partial charge < -0.3 is 78.5 Å². The van der Waals surface area contributed by atoms with E-state index in [0.717, 1.165) is 112 Å². The number of alkyl carbamates (subject to hydrolysis) is 4.